The highest BCUT2D eigenvalue weighted by Crippen LogP contribution is 2.16. The van der Waals surface area contributed by atoms with Crippen molar-refractivity contribution in [1.29, 1.82) is 0 Å². The quantitative estimate of drug-likeness (QED) is 0.591. The van der Waals surface area contributed by atoms with Crippen molar-refractivity contribution in [2.75, 3.05) is 7.05 Å². The lowest BCUT2D eigenvalue weighted by atomic mass is 9.98. The van der Waals surface area contributed by atoms with Gasteiger partial charge in [-0.25, -0.2) is 0 Å². The molecule has 0 aliphatic heterocycles. The van der Waals surface area contributed by atoms with Crippen molar-refractivity contribution in [3.05, 3.63) is 45.5 Å². The van der Waals surface area contributed by atoms with E-state index in [-0.39, 0.29) is 0 Å². The van der Waals surface area contributed by atoms with Gasteiger partial charge in [-0.05, 0) is 29.4 Å². The Kier molecular flexibility index (Phi) is 7.19. The highest BCUT2D eigenvalue weighted by Gasteiger charge is 2.00. The fraction of sp³-hybridized carbons (Fsp3) is 0.571. The Morgan fingerprint density at radius 3 is 1.82 bits per heavy atom. The van der Waals surface area contributed by atoms with Gasteiger partial charge in [0.1, 0.15) is 0 Å². The van der Waals surface area contributed by atoms with Gasteiger partial charge in [0.15, 0.2) is 7.05 Å². The van der Waals surface area contributed by atoms with Crippen LogP contribution in [-0.2, 0) is 6.42 Å². The molecular weight excluding hydrogens is 214 g/mol. The minimum Gasteiger partial charge on any atom is -0.265 e. The second kappa shape index (κ2) is 7.82. The zero-order valence-corrected chi connectivity index (χ0v) is 11.4. The van der Waals surface area contributed by atoms with E-state index in [9.17, 15) is 0 Å². The van der Waals surface area contributed by atoms with Crippen LogP contribution >= 0.6 is 0 Å². The van der Waals surface area contributed by atoms with Crippen molar-refractivity contribution < 1.29 is 4.92 Å². The molecule has 0 radical (unpaired) electrons. The van der Waals surface area contributed by atoms with Crippen molar-refractivity contribution >= 4 is 0 Å². The molecule has 0 amide bonds. The Morgan fingerprint density at radius 1 is 1.12 bits per heavy atom. The molecule has 0 atom stereocenters. The molecule has 0 aliphatic carbocycles. The summed E-state index contributed by atoms with van der Waals surface area (Å²) in [5, 5.41) is 8.81. The lowest BCUT2D eigenvalue weighted by molar-refractivity contribution is -0.445. The second-order valence-corrected chi connectivity index (χ2v) is 4.93. The van der Waals surface area contributed by atoms with Crippen LogP contribution in [0.4, 0.5) is 0 Å². The molecule has 0 fully saturated rings. The van der Waals surface area contributed by atoms with Crippen LogP contribution in [0.1, 0.15) is 44.7 Å². The van der Waals surface area contributed by atoms with E-state index in [2.05, 4.69) is 52.0 Å². The normalized spacial score (nSPS) is 10.1. The van der Waals surface area contributed by atoms with E-state index in [1.165, 1.54) is 17.5 Å². The molecule has 1 rings (SSSR count). The van der Waals surface area contributed by atoms with Crippen LogP contribution in [0, 0.1) is 16.0 Å². The summed E-state index contributed by atoms with van der Waals surface area (Å²) in [7, 11) is 0.889. The van der Waals surface area contributed by atoms with E-state index in [4.69, 9.17) is 10.1 Å². The summed E-state index contributed by atoms with van der Waals surface area (Å²) in [5.41, 5.74) is 2.90. The summed E-state index contributed by atoms with van der Waals surface area (Å²) in [6, 6.07) is 9.02. The van der Waals surface area contributed by atoms with Crippen molar-refractivity contribution in [2.24, 2.45) is 5.92 Å². The third-order valence-electron chi connectivity index (χ3n) is 2.29. The summed E-state index contributed by atoms with van der Waals surface area (Å²) in [4.78, 5) is 8.31. The molecule has 3 nitrogen and oxygen atoms in total. The van der Waals surface area contributed by atoms with Crippen molar-refractivity contribution in [3.63, 3.8) is 0 Å². The molecule has 0 saturated heterocycles. The molecule has 17 heavy (non-hydrogen) atoms. The summed E-state index contributed by atoms with van der Waals surface area (Å²) in [5.74, 6) is 1.40. The predicted molar refractivity (Wildman–Crippen MR) is 72.0 cm³/mol. The van der Waals surface area contributed by atoms with Gasteiger partial charge in [-0.1, -0.05) is 52.0 Å². The molecule has 0 N–H and O–H groups in total. The summed E-state index contributed by atoms with van der Waals surface area (Å²) in [6.07, 6.45) is 1.19. The Balaban J connectivity index is 0.000000557. The van der Waals surface area contributed by atoms with Gasteiger partial charge in [-0.15, -0.1) is 0 Å². The highest BCUT2D eigenvalue weighted by atomic mass is 16.6. The van der Waals surface area contributed by atoms with Crippen LogP contribution < -0.4 is 0 Å². The second-order valence-electron chi connectivity index (χ2n) is 4.93. The summed E-state index contributed by atoms with van der Waals surface area (Å²) in [6.45, 7) is 8.99. The summed E-state index contributed by atoms with van der Waals surface area (Å²) < 4.78 is 0. The largest absolute Gasteiger partial charge is 0.265 e. The first kappa shape index (κ1) is 15.6. The van der Waals surface area contributed by atoms with Crippen molar-refractivity contribution in [1.82, 2.24) is 0 Å². The van der Waals surface area contributed by atoms with E-state index in [1.807, 2.05) is 0 Å². The number of hydrogen-bond donors (Lipinski definition) is 0. The monoisotopic (exact) mass is 237 g/mol. The molecule has 0 spiro atoms. The van der Waals surface area contributed by atoms with E-state index < -0.39 is 4.92 Å². The number of hydrogen-bond acceptors (Lipinski definition) is 2. The first-order valence-electron chi connectivity index (χ1n) is 5.99. The van der Waals surface area contributed by atoms with Gasteiger partial charge in [0.2, 0.25) is 0 Å². The van der Waals surface area contributed by atoms with E-state index in [0.717, 1.165) is 13.0 Å². The molecule has 1 aromatic carbocycles. The Morgan fingerprint density at radius 2 is 1.53 bits per heavy atom. The average molecular weight is 237 g/mol. The summed E-state index contributed by atoms with van der Waals surface area (Å²) >= 11 is 0. The maximum absolute atomic E-state index is 8.81. The topological polar surface area (TPSA) is 43.1 Å². The SMILES string of the molecule is CC(C)Cc1ccc(C(C)C)cc1.C[N+](=O)[O-]. The molecule has 0 aromatic heterocycles. The van der Waals surface area contributed by atoms with Crippen molar-refractivity contribution in [2.45, 2.75) is 40.0 Å². The smallest absolute Gasteiger partial charge is 0.194 e. The fourth-order valence-corrected chi connectivity index (χ4v) is 1.51. The Hall–Kier alpha value is -1.38. The minimum absolute atomic E-state index is 0.500. The van der Waals surface area contributed by atoms with Gasteiger partial charge >= 0.3 is 0 Å². The van der Waals surface area contributed by atoms with Crippen LogP contribution in [0.2, 0.25) is 0 Å². The maximum atomic E-state index is 8.81. The van der Waals surface area contributed by atoms with Crippen LogP contribution in [0.15, 0.2) is 24.3 Å². The van der Waals surface area contributed by atoms with Gasteiger partial charge in [0.25, 0.3) is 0 Å². The molecule has 0 bridgehead atoms. The van der Waals surface area contributed by atoms with Crippen LogP contribution in [0.5, 0.6) is 0 Å². The van der Waals surface area contributed by atoms with E-state index >= 15 is 0 Å². The molecule has 0 saturated carbocycles. The molecule has 0 aliphatic rings. The molecular formula is C14H23NO2. The number of rotatable bonds is 3. The van der Waals surface area contributed by atoms with E-state index in [1.54, 1.807) is 0 Å². The van der Waals surface area contributed by atoms with Gasteiger partial charge in [0, 0.05) is 4.92 Å². The Labute approximate surface area is 104 Å². The maximum Gasteiger partial charge on any atom is 0.194 e. The molecule has 0 unspecified atom stereocenters. The minimum atomic E-state index is -0.500. The lowest BCUT2D eigenvalue weighted by Crippen LogP contribution is -1.94. The van der Waals surface area contributed by atoms with Gasteiger partial charge in [-0.2, -0.15) is 0 Å². The zero-order valence-electron chi connectivity index (χ0n) is 11.4. The van der Waals surface area contributed by atoms with Gasteiger partial charge < -0.3 is 0 Å². The van der Waals surface area contributed by atoms with Crippen molar-refractivity contribution in [3.8, 4) is 0 Å². The number of benzene rings is 1. The Bertz CT molecular complexity index is 325. The third kappa shape index (κ3) is 8.43. The van der Waals surface area contributed by atoms with Gasteiger partial charge in [0.05, 0.1) is 0 Å². The highest BCUT2D eigenvalue weighted by molar-refractivity contribution is 5.24. The lowest BCUT2D eigenvalue weighted by Gasteiger charge is -2.08. The average Bonchev–Trinajstić information content (AvgIpc) is 2.16. The third-order valence-corrected chi connectivity index (χ3v) is 2.29. The number of nitrogens with zero attached hydrogens (tertiary/aromatic N) is 1. The van der Waals surface area contributed by atoms with Crippen LogP contribution in [0.3, 0.4) is 0 Å². The molecule has 1 aromatic rings. The fourth-order valence-electron chi connectivity index (χ4n) is 1.51. The first-order chi connectivity index (χ1) is 7.82. The molecule has 3 heteroatoms. The molecule has 96 valence electrons. The number of nitro groups is 1. The van der Waals surface area contributed by atoms with Crippen LogP contribution in [0.25, 0.3) is 0 Å². The molecule has 0 heterocycles. The van der Waals surface area contributed by atoms with Crippen LogP contribution in [-0.4, -0.2) is 12.0 Å². The zero-order chi connectivity index (χ0) is 13.4. The first-order valence-corrected chi connectivity index (χ1v) is 5.99. The predicted octanol–water partition coefficient (Wildman–Crippen LogP) is 3.90. The van der Waals surface area contributed by atoms with E-state index in [0.29, 0.717) is 5.92 Å². The standard InChI is InChI=1S/C13H20.CH3NO2/c1-10(2)9-12-5-7-13(8-6-12)11(3)4;1-2(3)4/h5-8,10-11H,9H2,1-4H3;1H3. The van der Waals surface area contributed by atoms with Gasteiger partial charge in [-0.3, -0.25) is 10.1 Å².